The molecule has 0 spiro atoms. The number of phenolic OH excluding ortho intramolecular Hbond substituents is 1. The van der Waals surface area contributed by atoms with E-state index in [1.54, 1.807) is 17.0 Å². The zero-order valence-corrected chi connectivity index (χ0v) is 13.8. The molecule has 1 amide bonds. The van der Waals surface area contributed by atoms with Gasteiger partial charge in [-0.05, 0) is 49.8 Å². The van der Waals surface area contributed by atoms with Crippen molar-refractivity contribution in [1.82, 2.24) is 14.9 Å². The minimum atomic E-state index is -0.673. The minimum Gasteiger partial charge on any atom is -0.508 e. The highest BCUT2D eigenvalue weighted by Crippen LogP contribution is 2.23. The molecule has 7 nitrogen and oxygen atoms in total. The Bertz CT molecular complexity index is 825. The van der Waals surface area contributed by atoms with Crippen molar-refractivity contribution in [3.8, 4) is 5.75 Å². The minimum absolute atomic E-state index is 0.0327. The van der Waals surface area contributed by atoms with Crippen molar-refractivity contribution in [1.29, 1.82) is 0 Å². The fourth-order valence-corrected chi connectivity index (χ4v) is 3.30. The SMILES string of the molecule is O=C(c1cc(=O)[nH]c(=O)[nH]1)N1CCCCC1CCc1ccc(O)cc1. The number of phenols is 1. The van der Waals surface area contributed by atoms with Crippen LogP contribution in [0.2, 0.25) is 0 Å². The molecule has 7 heteroatoms. The quantitative estimate of drug-likeness (QED) is 0.780. The second-order valence-corrected chi connectivity index (χ2v) is 6.35. The highest BCUT2D eigenvalue weighted by Gasteiger charge is 2.28. The molecule has 1 unspecified atom stereocenters. The molecule has 1 atom stereocenters. The largest absolute Gasteiger partial charge is 0.508 e. The van der Waals surface area contributed by atoms with Crippen molar-refractivity contribution in [2.24, 2.45) is 0 Å². The molecular weight excluding hydrogens is 322 g/mol. The van der Waals surface area contributed by atoms with Crippen LogP contribution in [-0.2, 0) is 6.42 Å². The average Bonchev–Trinajstić information content (AvgIpc) is 2.60. The van der Waals surface area contributed by atoms with Gasteiger partial charge in [-0.1, -0.05) is 12.1 Å². The molecule has 132 valence electrons. The van der Waals surface area contributed by atoms with E-state index in [0.717, 1.165) is 43.7 Å². The summed E-state index contributed by atoms with van der Waals surface area (Å²) in [6.07, 6.45) is 4.45. The zero-order chi connectivity index (χ0) is 17.8. The first-order valence-electron chi connectivity index (χ1n) is 8.45. The average molecular weight is 343 g/mol. The molecule has 3 rings (SSSR count). The Kier molecular flexibility index (Phi) is 5.02. The van der Waals surface area contributed by atoms with Crippen molar-refractivity contribution < 1.29 is 9.90 Å². The lowest BCUT2D eigenvalue weighted by Crippen LogP contribution is -2.45. The van der Waals surface area contributed by atoms with Gasteiger partial charge in [0.1, 0.15) is 11.4 Å². The van der Waals surface area contributed by atoms with E-state index >= 15 is 0 Å². The molecule has 1 saturated heterocycles. The molecule has 1 aliphatic heterocycles. The lowest BCUT2D eigenvalue weighted by atomic mass is 9.95. The van der Waals surface area contributed by atoms with E-state index in [0.29, 0.717) is 6.54 Å². The smallest absolute Gasteiger partial charge is 0.326 e. The molecule has 0 aliphatic carbocycles. The second-order valence-electron chi connectivity index (χ2n) is 6.35. The normalized spacial score (nSPS) is 17.4. The van der Waals surface area contributed by atoms with Gasteiger partial charge in [0.05, 0.1) is 0 Å². The molecule has 3 N–H and O–H groups in total. The first-order chi connectivity index (χ1) is 12.0. The van der Waals surface area contributed by atoms with E-state index in [9.17, 15) is 19.5 Å². The number of rotatable bonds is 4. The van der Waals surface area contributed by atoms with E-state index in [-0.39, 0.29) is 23.4 Å². The van der Waals surface area contributed by atoms with Gasteiger partial charge < -0.3 is 15.0 Å². The van der Waals surface area contributed by atoms with E-state index in [4.69, 9.17) is 0 Å². The van der Waals surface area contributed by atoms with Crippen LogP contribution in [0, 0.1) is 0 Å². The molecule has 2 heterocycles. The van der Waals surface area contributed by atoms with Gasteiger partial charge in [-0.25, -0.2) is 4.79 Å². The Morgan fingerprint density at radius 2 is 1.92 bits per heavy atom. The first-order valence-corrected chi connectivity index (χ1v) is 8.45. The molecule has 1 aromatic heterocycles. The number of hydrogen-bond acceptors (Lipinski definition) is 4. The summed E-state index contributed by atoms with van der Waals surface area (Å²) in [5, 5.41) is 9.35. The summed E-state index contributed by atoms with van der Waals surface area (Å²) in [5.74, 6) is -0.0740. The second kappa shape index (κ2) is 7.38. The van der Waals surface area contributed by atoms with Crippen LogP contribution in [0.25, 0.3) is 0 Å². The third-order valence-electron chi connectivity index (χ3n) is 4.58. The van der Waals surface area contributed by atoms with Crippen LogP contribution in [-0.4, -0.2) is 38.5 Å². The highest BCUT2D eigenvalue weighted by atomic mass is 16.3. The Hall–Kier alpha value is -2.83. The summed E-state index contributed by atoms with van der Waals surface area (Å²) in [7, 11) is 0. The molecule has 2 aromatic rings. The van der Waals surface area contributed by atoms with Crippen molar-refractivity contribution in [2.75, 3.05) is 6.54 Å². The summed E-state index contributed by atoms with van der Waals surface area (Å²) < 4.78 is 0. The highest BCUT2D eigenvalue weighted by molar-refractivity contribution is 5.92. The van der Waals surface area contributed by atoms with Crippen molar-refractivity contribution >= 4 is 5.91 Å². The number of carbonyl (C=O) groups is 1. The van der Waals surface area contributed by atoms with Crippen LogP contribution in [0.5, 0.6) is 5.75 Å². The van der Waals surface area contributed by atoms with E-state index in [1.807, 2.05) is 12.1 Å². The van der Waals surface area contributed by atoms with Gasteiger partial charge in [-0.3, -0.25) is 14.6 Å². The number of amides is 1. The van der Waals surface area contributed by atoms with Crippen LogP contribution < -0.4 is 11.2 Å². The monoisotopic (exact) mass is 343 g/mol. The maximum Gasteiger partial charge on any atom is 0.326 e. The molecule has 0 saturated carbocycles. The van der Waals surface area contributed by atoms with Gasteiger partial charge >= 0.3 is 5.69 Å². The Morgan fingerprint density at radius 1 is 1.16 bits per heavy atom. The molecule has 0 radical (unpaired) electrons. The topological polar surface area (TPSA) is 106 Å². The van der Waals surface area contributed by atoms with Crippen LogP contribution in [0.4, 0.5) is 0 Å². The van der Waals surface area contributed by atoms with Crippen LogP contribution in [0.1, 0.15) is 41.7 Å². The Morgan fingerprint density at radius 3 is 2.64 bits per heavy atom. The third kappa shape index (κ3) is 4.17. The van der Waals surface area contributed by atoms with Gasteiger partial charge in [0.15, 0.2) is 0 Å². The summed E-state index contributed by atoms with van der Waals surface area (Å²) >= 11 is 0. The van der Waals surface area contributed by atoms with Crippen molar-refractivity contribution in [3.05, 3.63) is 62.4 Å². The summed E-state index contributed by atoms with van der Waals surface area (Å²) in [4.78, 5) is 41.9. The zero-order valence-electron chi connectivity index (χ0n) is 13.8. The van der Waals surface area contributed by atoms with Gasteiger partial charge in [0.2, 0.25) is 0 Å². The van der Waals surface area contributed by atoms with Gasteiger partial charge in [0.25, 0.3) is 11.5 Å². The van der Waals surface area contributed by atoms with E-state index in [1.165, 1.54) is 0 Å². The number of aromatic amines is 2. The number of carbonyl (C=O) groups excluding carboxylic acids is 1. The Labute approximate surface area is 144 Å². The summed E-state index contributed by atoms with van der Waals surface area (Å²) in [6, 6.07) is 8.25. The lowest BCUT2D eigenvalue weighted by Gasteiger charge is -2.35. The van der Waals surface area contributed by atoms with E-state index < -0.39 is 11.2 Å². The number of H-pyrrole nitrogens is 2. The number of hydrogen-bond donors (Lipinski definition) is 3. The standard InChI is InChI=1S/C18H21N3O4/c22-14-8-5-12(6-9-14)4-7-13-3-1-2-10-21(13)17(24)15-11-16(23)20-18(25)19-15/h5-6,8-9,11,13,22H,1-4,7,10H2,(H2,19,20,23,25). The summed E-state index contributed by atoms with van der Waals surface area (Å²) in [5.41, 5.74) is -0.121. The number of benzene rings is 1. The lowest BCUT2D eigenvalue weighted by molar-refractivity contribution is 0.0595. The predicted molar refractivity (Wildman–Crippen MR) is 92.8 cm³/mol. The molecule has 1 aliphatic rings. The molecular formula is C18H21N3O4. The Balaban J connectivity index is 1.73. The molecule has 25 heavy (non-hydrogen) atoms. The number of aromatic nitrogens is 2. The first kappa shape index (κ1) is 17.0. The summed E-state index contributed by atoms with van der Waals surface area (Å²) in [6.45, 7) is 0.619. The number of piperidine rings is 1. The number of aryl methyl sites for hydroxylation is 1. The number of aromatic hydroxyl groups is 1. The number of nitrogens with zero attached hydrogens (tertiary/aromatic N) is 1. The molecule has 0 bridgehead atoms. The van der Waals surface area contributed by atoms with E-state index in [2.05, 4.69) is 9.97 Å². The predicted octanol–water partition coefficient (Wildman–Crippen LogP) is 1.40. The van der Waals surface area contributed by atoms with Crippen molar-refractivity contribution in [3.63, 3.8) is 0 Å². The fraction of sp³-hybridized carbons (Fsp3) is 0.389. The third-order valence-corrected chi connectivity index (χ3v) is 4.58. The van der Waals surface area contributed by atoms with Crippen molar-refractivity contribution in [2.45, 2.75) is 38.1 Å². The maximum atomic E-state index is 12.7. The maximum absolute atomic E-state index is 12.7. The number of likely N-dealkylation sites (tertiary alicyclic amines) is 1. The van der Waals surface area contributed by atoms with Gasteiger partial charge in [-0.15, -0.1) is 0 Å². The number of nitrogens with one attached hydrogen (secondary N) is 2. The molecule has 1 fully saturated rings. The van der Waals surface area contributed by atoms with Crippen LogP contribution in [0.3, 0.4) is 0 Å². The molecule has 1 aromatic carbocycles. The van der Waals surface area contributed by atoms with Crippen LogP contribution in [0.15, 0.2) is 39.9 Å². The van der Waals surface area contributed by atoms with Gasteiger partial charge in [0, 0.05) is 18.7 Å². The fourth-order valence-electron chi connectivity index (χ4n) is 3.30. The van der Waals surface area contributed by atoms with Gasteiger partial charge in [-0.2, -0.15) is 0 Å². The van der Waals surface area contributed by atoms with Crippen LogP contribution >= 0.6 is 0 Å².